The van der Waals surface area contributed by atoms with Gasteiger partial charge in [-0.1, -0.05) is 12.7 Å². The Morgan fingerprint density at radius 3 is 2.40 bits per heavy atom. The van der Waals surface area contributed by atoms with E-state index in [9.17, 15) is 0 Å². The van der Waals surface area contributed by atoms with Crippen LogP contribution in [-0.4, -0.2) is 48.9 Å². The number of aliphatic imine (C=N–C) groups is 1. The molecule has 0 aromatic rings. The van der Waals surface area contributed by atoms with E-state index in [2.05, 4.69) is 28.4 Å². The summed E-state index contributed by atoms with van der Waals surface area (Å²) in [6, 6.07) is 0. The van der Waals surface area contributed by atoms with E-state index in [1.807, 2.05) is 19.1 Å². The monoisotopic (exact) mass is 208 g/mol. The molecule has 0 aliphatic carbocycles. The molecule has 1 saturated heterocycles. The van der Waals surface area contributed by atoms with Crippen LogP contribution in [0.2, 0.25) is 0 Å². The molecule has 4 nitrogen and oxygen atoms in total. The lowest BCUT2D eigenvalue weighted by Gasteiger charge is -2.33. The third-order valence-corrected chi connectivity index (χ3v) is 2.40. The first-order valence-corrected chi connectivity index (χ1v) is 5.22. The van der Waals surface area contributed by atoms with Crippen molar-refractivity contribution >= 4 is 5.84 Å². The molecule has 0 atom stereocenters. The summed E-state index contributed by atoms with van der Waals surface area (Å²) in [7, 11) is 2.13. The summed E-state index contributed by atoms with van der Waals surface area (Å²) in [4.78, 5) is 8.78. The van der Waals surface area contributed by atoms with E-state index in [1.54, 1.807) is 0 Å². The van der Waals surface area contributed by atoms with E-state index in [-0.39, 0.29) is 0 Å². The van der Waals surface area contributed by atoms with Crippen molar-refractivity contribution in [2.45, 2.75) is 6.92 Å². The largest absolute Gasteiger partial charge is 0.384 e. The Kier molecular flexibility index (Phi) is 4.37. The molecular weight excluding hydrogens is 188 g/mol. The van der Waals surface area contributed by atoms with Gasteiger partial charge >= 0.3 is 0 Å². The minimum atomic E-state index is 0.363. The van der Waals surface area contributed by atoms with Crippen molar-refractivity contribution in [1.29, 1.82) is 0 Å². The summed E-state index contributed by atoms with van der Waals surface area (Å²) in [5.41, 5.74) is 5.50. The number of amidine groups is 1. The molecule has 2 N–H and O–H groups in total. The second-order valence-electron chi connectivity index (χ2n) is 3.75. The maximum atomic E-state index is 5.50. The molecular formula is C11H20N4. The van der Waals surface area contributed by atoms with E-state index in [1.165, 1.54) is 0 Å². The maximum Gasteiger partial charge on any atom is 0.130 e. The average Bonchev–Trinajstić information content (AvgIpc) is 2.17. The zero-order valence-corrected chi connectivity index (χ0v) is 9.61. The molecule has 0 aromatic carbocycles. The summed E-state index contributed by atoms with van der Waals surface area (Å²) >= 11 is 0. The van der Waals surface area contributed by atoms with Gasteiger partial charge in [0.15, 0.2) is 0 Å². The lowest BCUT2D eigenvalue weighted by Crippen LogP contribution is -2.46. The standard InChI is InChI=1S/C11H20N4/c1-4-5-11(13-10(2)12)15-8-6-14(3)7-9-15/h4-5H,2,6-9,12H2,1,3H3/b5-4-,13-11?. The Morgan fingerprint density at radius 1 is 1.33 bits per heavy atom. The van der Waals surface area contributed by atoms with Crippen LogP contribution in [0.3, 0.4) is 0 Å². The van der Waals surface area contributed by atoms with Crippen LogP contribution in [-0.2, 0) is 0 Å². The van der Waals surface area contributed by atoms with Gasteiger partial charge in [0, 0.05) is 26.2 Å². The zero-order valence-electron chi connectivity index (χ0n) is 9.61. The Bertz CT molecular complexity index is 272. The quantitative estimate of drug-likeness (QED) is 0.535. The molecule has 0 spiro atoms. The van der Waals surface area contributed by atoms with Gasteiger partial charge < -0.3 is 15.5 Å². The van der Waals surface area contributed by atoms with Gasteiger partial charge in [-0.2, -0.15) is 0 Å². The van der Waals surface area contributed by atoms with E-state index < -0.39 is 0 Å². The first-order valence-electron chi connectivity index (χ1n) is 5.22. The van der Waals surface area contributed by atoms with Crippen LogP contribution >= 0.6 is 0 Å². The van der Waals surface area contributed by atoms with Crippen molar-refractivity contribution in [1.82, 2.24) is 9.80 Å². The van der Waals surface area contributed by atoms with Crippen molar-refractivity contribution < 1.29 is 0 Å². The predicted octanol–water partition coefficient (Wildman–Crippen LogP) is 0.638. The Balaban J connectivity index is 2.68. The molecule has 0 amide bonds. The summed E-state index contributed by atoms with van der Waals surface area (Å²) in [5, 5.41) is 0. The molecule has 1 heterocycles. The van der Waals surface area contributed by atoms with Gasteiger partial charge in [0.2, 0.25) is 0 Å². The third-order valence-electron chi connectivity index (χ3n) is 2.40. The molecule has 4 heteroatoms. The van der Waals surface area contributed by atoms with Gasteiger partial charge in [-0.25, -0.2) is 4.99 Å². The number of nitrogens with zero attached hydrogens (tertiary/aromatic N) is 3. The summed E-state index contributed by atoms with van der Waals surface area (Å²) in [5.74, 6) is 1.28. The molecule has 1 rings (SSSR count). The number of nitrogens with two attached hydrogens (primary N) is 1. The lowest BCUT2D eigenvalue weighted by atomic mass is 10.3. The molecule has 1 fully saturated rings. The fourth-order valence-electron chi connectivity index (χ4n) is 1.55. The highest BCUT2D eigenvalue weighted by Crippen LogP contribution is 2.03. The van der Waals surface area contributed by atoms with Crippen molar-refractivity contribution in [3.63, 3.8) is 0 Å². The Morgan fingerprint density at radius 2 is 1.93 bits per heavy atom. The predicted molar refractivity (Wildman–Crippen MR) is 64.6 cm³/mol. The van der Waals surface area contributed by atoms with Gasteiger partial charge in [-0.3, -0.25) is 0 Å². The van der Waals surface area contributed by atoms with Crippen molar-refractivity contribution in [2.24, 2.45) is 10.7 Å². The molecule has 0 radical (unpaired) electrons. The highest BCUT2D eigenvalue weighted by Gasteiger charge is 2.15. The molecule has 84 valence electrons. The van der Waals surface area contributed by atoms with Crippen molar-refractivity contribution in [3.05, 3.63) is 24.6 Å². The van der Waals surface area contributed by atoms with E-state index >= 15 is 0 Å². The van der Waals surface area contributed by atoms with E-state index in [0.717, 1.165) is 32.0 Å². The second kappa shape index (κ2) is 5.56. The van der Waals surface area contributed by atoms with Crippen LogP contribution in [0.25, 0.3) is 0 Å². The Hall–Kier alpha value is -1.29. The topological polar surface area (TPSA) is 44.9 Å². The van der Waals surface area contributed by atoms with Crippen molar-refractivity contribution in [3.8, 4) is 0 Å². The number of piperazine rings is 1. The first kappa shape index (κ1) is 11.8. The van der Waals surface area contributed by atoms with Crippen LogP contribution in [0.4, 0.5) is 0 Å². The van der Waals surface area contributed by atoms with Gasteiger partial charge in [0.25, 0.3) is 0 Å². The third kappa shape index (κ3) is 3.75. The molecule has 1 aliphatic heterocycles. The number of rotatable bonds is 2. The number of hydrogen-bond donors (Lipinski definition) is 1. The molecule has 0 bridgehead atoms. The van der Waals surface area contributed by atoms with Crippen LogP contribution in [0.15, 0.2) is 29.5 Å². The van der Waals surface area contributed by atoms with Crippen LogP contribution in [0.5, 0.6) is 0 Å². The summed E-state index contributed by atoms with van der Waals surface area (Å²) < 4.78 is 0. The van der Waals surface area contributed by atoms with Gasteiger partial charge in [-0.05, 0) is 20.0 Å². The molecule has 1 aliphatic rings. The highest BCUT2D eigenvalue weighted by atomic mass is 15.3. The first-order chi connectivity index (χ1) is 7.13. The van der Waals surface area contributed by atoms with E-state index in [4.69, 9.17) is 5.73 Å². The normalized spacial score (nSPS) is 19.9. The molecule has 0 saturated carbocycles. The van der Waals surface area contributed by atoms with Gasteiger partial charge in [0.05, 0.1) is 0 Å². The number of hydrogen-bond acceptors (Lipinski definition) is 3. The highest BCUT2D eigenvalue weighted by molar-refractivity contribution is 5.93. The molecule has 0 unspecified atom stereocenters. The molecule has 15 heavy (non-hydrogen) atoms. The van der Waals surface area contributed by atoms with Crippen LogP contribution in [0.1, 0.15) is 6.92 Å². The van der Waals surface area contributed by atoms with E-state index in [0.29, 0.717) is 5.82 Å². The van der Waals surface area contributed by atoms with Gasteiger partial charge in [-0.15, -0.1) is 0 Å². The fraction of sp³-hybridized carbons (Fsp3) is 0.545. The van der Waals surface area contributed by atoms with Crippen LogP contribution < -0.4 is 5.73 Å². The fourth-order valence-corrected chi connectivity index (χ4v) is 1.55. The number of allylic oxidation sites excluding steroid dienone is 1. The van der Waals surface area contributed by atoms with Gasteiger partial charge in [0.1, 0.15) is 11.7 Å². The smallest absolute Gasteiger partial charge is 0.130 e. The van der Waals surface area contributed by atoms with Crippen molar-refractivity contribution in [2.75, 3.05) is 33.2 Å². The maximum absolute atomic E-state index is 5.50. The average molecular weight is 208 g/mol. The number of likely N-dealkylation sites (N-methyl/N-ethyl adjacent to an activating group) is 1. The summed E-state index contributed by atoms with van der Waals surface area (Å²) in [6.07, 6.45) is 3.95. The second-order valence-corrected chi connectivity index (χ2v) is 3.75. The minimum absolute atomic E-state index is 0.363. The zero-order chi connectivity index (χ0) is 11.3. The minimum Gasteiger partial charge on any atom is -0.384 e. The Labute approximate surface area is 91.8 Å². The SMILES string of the molecule is C=C(N)N=C(/C=C\C)N1CCN(C)CC1. The lowest BCUT2D eigenvalue weighted by molar-refractivity contribution is 0.216. The summed E-state index contributed by atoms with van der Waals surface area (Å²) in [6.45, 7) is 9.70. The van der Waals surface area contributed by atoms with Crippen LogP contribution in [0, 0.1) is 0 Å². The molecule has 0 aromatic heterocycles.